The van der Waals surface area contributed by atoms with Gasteiger partial charge in [-0.1, -0.05) is 42.5 Å². The van der Waals surface area contributed by atoms with Crippen molar-refractivity contribution in [2.75, 3.05) is 33.3 Å². The Labute approximate surface area is 181 Å². The van der Waals surface area contributed by atoms with Crippen LogP contribution in [0.15, 0.2) is 65.7 Å². The fourth-order valence-corrected chi connectivity index (χ4v) is 3.65. The van der Waals surface area contributed by atoms with Crippen LogP contribution in [0.3, 0.4) is 0 Å². The third kappa shape index (κ3) is 4.60. The summed E-state index contributed by atoms with van der Waals surface area (Å²) >= 11 is 0. The molecule has 0 radical (unpaired) electrons. The largest absolute Gasteiger partial charge is 0.497 e. The van der Waals surface area contributed by atoms with E-state index < -0.39 is 6.10 Å². The summed E-state index contributed by atoms with van der Waals surface area (Å²) in [6.45, 7) is 4.13. The molecule has 160 valence electrons. The Balaban J connectivity index is 1.33. The number of methoxy groups -OCH3 is 1. The number of nitrogens with zero attached hydrogens (tertiary/aromatic N) is 3. The molecule has 2 aromatic rings. The Kier molecular flexibility index (Phi) is 6.02. The van der Waals surface area contributed by atoms with Gasteiger partial charge in [-0.05, 0) is 30.2 Å². The quantitative estimate of drug-likeness (QED) is 0.713. The lowest BCUT2D eigenvalue weighted by atomic mass is 10.1. The fourth-order valence-electron chi connectivity index (χ4n) is 3.65. The number of rotatable bonds is 4. The molecule has 0 saturated carbocycles. The van der Waals surface area contributed by atoms with Gasteiger partial charge in [-0.3, -0.25) is 9.59 Å². The van der Waals surface area contributed by atoms with Gasteiger partial charge in [0.2, 0.25) is 12.0 Å². The normalized spacial score (nSPS) is 19.2. The summed E-state index contributed by atoms with van der Waals surface area (Å²) in [6, 6.07) is 17.3. The van der Waals surface area contributed by atoms with E-state index >= 15 is 0 Å². The van der Waals surface area contributed by atoms with Crippen LogP contribution < -0.4 is 4.74 Å². The molecule has 1 fully saturated rings. The van der Waals surface area contributed by atoms with Crippen molar-refractivity contribution in [2.24, 2.45) is 4.99 Å². The van der Waals surface area contributed by atoms with Crippen LogP contribution >= 0.6 is 0 Å². The highest BCUT2D eigenvalue weighted by molar-refractivity contribution is 5.99. The number of hydrogen-bond acceptors (Lipinski definition) is 5. The molecule has 7 heteroatoms. The molecule has 1 saturated heterocycles. The number of ether oxygens (including phenoxy) is 2. The van der Waals surface area contributed by atoms with Crippen molar-refractivity contribution in [1.82, 2.24) is 9.80 Å². The van der Waals surface area contributed by atoms with Gasteiger partial charge < -0.3 is 19.3 Å². The minimum absolute atomic E-state index is 0.0273. The average Bonchev–Trinajstić information content (AvgIpc) is 3.21. The second-order valence-corrected chi connectivity index (χ2v) is 7.51. The first kappa shape index (κ1) is 20.7. The van der Waals surface area contributed by atoms with Crippen molar-refractivity contribution in [3.05, 3.63) is 71.8 Å². The van der Waals surface area contributed by atoms with Gasteiger partial charge in [0, 0.05) is 37.8 Å². The van der Waals surface area contributed by atoms with Gasteiger partial charge in [0.05, 0.1) is 7.11 Å². The number of benzene rings is 2. The third-order valence-corrected chi connectivity index (χ3v) is 5.50. The van der Waals surface area contributed by atoms with Crippen LogP contribution in [0.4, 0.5) is 0 Å². The van der Waals surface area contributed by atoms with E-state index in [9.17, 15) is 9.59 Å². The standard InChI is InChI=1S/C24H25N3O4/c1-17(18-8-10-20(30-2)11-9-18)16-21(28)26-12-14-27(15-13-26)24-25-23(29)22(31-24)19-6-4-3-5-7-19/h3-11,16,22H,12-15H2,1-2H3/b17-16+. The minimum atomic E-state index is -0.689. The van der Waals surface area contributed by atoms with Gasteiger partial charge >= 0.3 is 0 Å². The molecule has 0 aliphatic carbocycles. The lowest BCUT2D eigenvalue weighted by Crippen LogP contribution is -2.50. The molecule has 2 aliphatic heterocycles. The molecule has 2 heterocycles. The molecule has 2 aromatic carbocycles. The maximum atomic E-state index is 12.7. The molecule has 0 N–H and O–H groups in total. The smallest absolute Gasteiger partial charge is 0.296 e. The summed E-state index contributed by atoms with van der Waals surface area (Å²) in [7, 11) is 1.63. The van der Waals surface area contributed by atoms with Crippen LogP contribution in [-0.2, 0) is 14.3 Å². The third-order valence-electron chi connectivity index (χ3n) is 5.50. The summed E-state index contributed by atoms with van der Waals surface area (Å²) in [5.74, 6) is 0.460. The first-order valence-corrected chi connectivity index (χ1v) is 10.3. The van der Waals surface area contributed by atoms with E-state index in [1.165, 1.54) is 0 Å². The van der Waals surface area contributed by atoms with Crippen LogP contribution in [0.5, 0.6) is 5.75 Å². The minimum Gasteiger partial charge on any atom is -0.497 e. The van der Waals surface area contributed by atoms with Gasteiger partial charge in [-0.2, -0.15) is 4.99 Å². The van der Waals surface area contributed by atoms with Gasteiger partial charge in [0.15, 0.2) is 0 Å². The van der Waals surface area contributed by atoms with Crippen molar-refractivity contribution in [2.45, 2.75) is 13.0 Å². The molecular weight excluding hydrogens is 394 g/mol. The van der Waals surface area contributed by atoms with Gasteiger partial charge in [0.25, 0.3) is 11.9 Å². The summed E-state index contributed by atoms with van der Waals surface area (Å²) < 4.78 is 11.0. The highest BCUT2D eigenvalue weighted by atomic mass is 16.5. The van der Waals surface area contributed by atoms with Crippen molar-refractivity contribution in [3.63, 3.8) is 0 Å². The lowest BCUT2D eigenvalue weighted by molar-refractivity contribution is -0.127. The highest BCUT2D eigenvalue weighted by Crippen LogP contribution is 2.26. The fraction of sp³-hybridized carbons (Fsp3) is 0.292. The number of aliphatic imine (C=N–C) groups is 1. The van der Waals surface area contributed by atoms with E-state index in [1.54, 1.807) is 18.1 Å². The lowest BCUT2D eigenvalue weighted by Gasteiger charge is -2.34. The van der Waals surface area contributed by atoms with E-state index in [0.29, 0.717) is 32.2 Å². The second kappa shape index (κ2) is 9.04. The van der Waals surface area contributed by atoms with Crippen LogP contribution in [-0.4, -0.2) is 60.9 Å². The summed E-state index contributed by atoms with van der Waals surface area (Å²) in [5.41, 5.74) is 2.67. The van der Waals surface area contributed by atoms with E-state index in [1.807, 2.05) is 66.4 Å². The molecule has 1 unspecified atom stereocenters. The van der Waals surface area contributed by atoms with E-state index in [0.717, 1.165) is 22.4 Å². The Morgan fingerprint density at radius 1 is 1.06 bits per heavy atom. The number of allylic oxidation sites excluding steroid dienone is 1. The molecule has 0 bridgehead atoms. The molecule has 4 rings (SSSR count). The molecule has 0 spiro atoms. The number of carbonyl (C=O) groups is 2. The van der Waals surface area contributed by atoms with E-state index in [2.05, 4.69) is 4.99 Å². The monoisotopic (exact) mass is 419 g/mol. The van der Waals surface area contributed by atoms with Crippen LogP contribution in [0.25, 0.3) is 5.57 Å². The predicted molar refractivity (Wildman–Crippen MR) is 118 cm³/mol. The number of amidine groups is 1. The van der Waals surface area contributed by atoms with Crippen LogP contribution in [0.2, 0.25) is 0 Å². The number of hydrogen-bond donors (Lipinski definition) is 0. The first-order chi connectivity index (χ1) is 15.0. The van der Waals surface area contributed by atoms with E-state index in [4.69, 9.17) is 9.47 Å². The molecule has 0 aromatic heterocycles. The Bertz CT molecular complexity index is 1010. The zero-order chi connectivity index (χ0) is 21.8. The molecule has 2 aliphatic rings. The Hall–Kier alpha value is -3.61. The van der Waals surface area contributed by atoms with Gasteiger partial charge in [-0.25, -0.2) is 0 Å². The maximum Gasteiger partial charge on any atom is 0.296 e. The molecule has 1 atom stereocenters. The van der Waals surface area contributed by atoms with Crippen LogP contribution in [0.1, 0.15) is 24.2 Å². The topological polar surface area (TPSA) is 71.4 Å². The molecule has 2 amide bonds. The maximum absolute atomic E-state index is 12.7. The number of amides is 2. The van der Waals surface area contributed by atoms with Gasteiger partial charge in [0.1, 0.15) is 5.75 Å². The van der Waals surface area contributed by atoms with Gasteiger partial charge in [-0.15, -0.1) is 0 Å². The number of piperazine rings is 1. The summed E-state index contributed by atoms with van der Waals surface area (Å²) in [4.78, 5) is 32.8. The molecule has 31 heavy (non-hydrogen) atoms. The highest BCUT2D eigenvalue weighted by Gasteiger charge is 2.34. The Morgan fingerprint density at radius 3 is 2.39 bits per heavy atom. The predicted octanol–water partition coefficient (Wildman–Crippen LogP) is 2.90. The SMILES string of the molecule is COc1ccc(/C(C)=C/C(=O)N2CCN(C3=NC(=O)C(c4ccccc4)O3)CC2)cc1. The first-order valence-electron chi connectivity index (χ1n) is 10.3. The average molecular weight is 419 g/mol. The number of carbonyl (C=O) groups excluding carboxylic acids is 2. The Morgan fingerprint density at radius 2 is 1.74 bits per heavy atom. The zero-order valence-electron chi connectivity index (χ0n) is 17.7. The summed E-state index contributed by atoms with van der Waals surface area (Å²) in [5, 5.41) is 0. The van der Waals surface area contributed by atoms with E-state index in [-0.39, 0.29) is 11.8 Å². The van der Waals surface area contributed by atoms with Crippen LogP contribution in [0, 0.1) is 0 Å². The van der Waals surface area contributed by atoms with Crippen molar-refractivity contribution >= 4 is 23.4 Å². The molecular formula is C24H25N3O4. The molecule has 7 nitrogen and oxygen atoms in total. The van der Waals surface area contributed by atoms with Crippen molar-refractivity contribution < 1.29 is 19.1 Å². The van der Waals surface area contributed by atoms with Crippen molar-refractivity contribution in [3.8, 4) is 5.75 Å². The summed E-state index contributed by atoms with van der Waals surface area (Å²) in [6.07, 6.45) is 0.974. The zero-order valence-corrected chi connectivity index (χ0v) is 17.7. The second-order valence-electron chi connectivity index (χ2n) is 7.51. The van der Waals surface area contributed by atoms with Crippen molar-refractivity contribution in [1.29, 1.82) is 0 Å².